The first-order valence-corrected chi connectivity index (χ1v) is 10.8. The Balaban J connectivity index is 1.73. The summed E-state index contributed by atoms with van der Waals surface area (Å²) in [6.45, 7) is 9.80. The largest absolute Gasteiger partial charge is 0.489 e. The maximum absolute atomic E-state index is 5.95. The van der Waals surface area contributed by atoms with Crippen molar-refractivity contribution in [3.63, 3.8) is 0 Å². The highest BCUT2D eigenvalue weighted by Crippen LogP contribution is 2.34. The van der Waals surface area contributed by atoms with E-state index in [-0.39, 0.29) is 0 Å². The molecule has 3 aromatic carbocycles. The lowest BCUT2D eigenvalue weighted by Gasteiger charge is -2.26. The molecule has 3 rings (SSSR count). The summed E-state index contributed by atoms with van der Waals surface area (Å²) in [5.74, 6) is 3.54. The topological polar surface area (TPSA) is 9.23 Å². The van der Waals surface area contributed by atoms with E-state index in [0.29, 0.717) is 18.4 Å². The van der Waals surface area contributed by atoms with E-state index < -0.39 is 0 Å². The minimum Gasteiger partial charge on any atom is -0.489 e. The molecule has 3 aromatic rings. The Labute approximate surface area is 176 Å². The predicted molar refractivity (Wildman–Crippen MR) is 123 cm³/mol. The molecular formula is C28H33O. The van der Waals surface area contributed by atoms with E-state index in [1.807, 2.05) is 18.2 Å². The van der Waals surface area contributed by atoms with Crippen LogP contribution in [0.2, 0.25) is 0 Å². The third-order valence-electron chi connectivity index (χ3n) is 5.70. The van der Waals surface area contributed by atoms with Crippen molar-refractivity contribution in [2.24, 2.45) is 5.92 Å². The van der Waals surface area contributed by atoms with Crippen LogP contribution in [0.25, 0.3) is 0 Å². The lowest BCUT2D eigenvalue weighted by atomic mass is 9.77. The first-order valence-electron chi connectivity index (χ1n) is 10.8. The Morgan fingerprint density at radius 1 is 0.759 bits per heavy atom. The van der Waals surface area contributed by atoms with Crippen LogP contribution < -0.4 is 4.74 Å². The number of hydrogen-bond donors (Lipinski definition) is 0. The van der Waals surface area contributed by atoms with Gasteiger partial charge >= 0.3 is 0 Å². The van der Waals surface area contributed by atoms with Crippen LogP contribution in [-0.2, 0) is 13.0 Å². The second-order valence-electron chi connectivity index (χ2n) is 8.17. The fourth-order valence-corrected chi connectivity index (χ4v) is 3.74. The summed E-state index contributed by atoms with van der Waals surface area (Å²) in [5, 5.41) is 0. The van der Waals surface area contributed by atoms with Gasteiger partial charge in [0.15, 0.2) is 0 Å². The van der Waals surface area contributed by atoms with Crippen LogP contribution in [-0.4, -0.2) is 0 Å². The van der Waals surface area contributed by atoms with Crippen molar-refractivity contribution in [1.29, 1.82) is 0 Å². The van der Waals surface area contributed by atoms with E-state index in [1.165, 1.54) is 28.2 Å². The minimum atomic E-state index is 0.527. The Hall–Kier alpha value is -2.54. The second kappa shape index (κ2) is 10.3. The predicted octanol–water partition coefficient (Wildman–Crippen LogP) is 7.60. The normalized spacial score (nSPS) is 12.3. The van der Waals surface area contributed by atoms with Gasteiger partial charge in [0.1, 0.15) is 12.4 Å². The SMILES string of the molecule is CCC(C)[C](Cc1ccc(OCc2ccccc2)cc1)c1ccccc1C(C)C. The fraction of sp³-hybridized carbons (Fsp3) is 0.321. The zero-order chi connectivity index (χ0) is 20.6. The van der Waals surface area contributed by atoms with Gasteiger partial charge in [0.05, 0.1) is 0 Å². The molecule has 0 aliphatic carbocycles. The average molecular weight is 386 g/mol. The van der Waals surface area contributed by atoms with Crippen molar-refractivity contribution < 1.29 is 4.74 Å². The monoisotopic (exact) mass is 385 g/mol. The number of rotatable bonds is 9. The summed E-state index contributed by atoms with van der Waals surface area (Å²) in [6, 6.07) is 27.8. The molecular weight excluding hydrogens is 352 g/mol. The molecule has 0 saturated carbocycles. The van der Waals surface area contributed by atoms with Crippen LogP contribution in [0.4, 0.5) is 0 Å². The van der Waals surface area contributed by atoms with Gasteiger partial charge in [0.25, 0.3) is 0 Å². The van der Waals surface area contributed by atoms with Gasteiger partial charge in [-0.15, -0.1) is 0 Å². The molecule has 1 nitrogen and oxygen atoms in total. The number of ether oxygens (including phenoxy) is 1. The molecule has 151 valence electrons. The van der Waals surface area contributed by atoms with Gasteiger partial charge in [-0.05, 0) is 52.6 Å². The van der Waals surface area contributed by atoms with E-state index >= 15 is 0 Å². The minimum absolute atomic E-state index is 0.527. The lowest BCUT2D eigenvalue weighted by molar-refractivity contribution is 0.306. The first kappa shape index (κ1) is 21.2. The smallest absolute Gasteiger partial charge is 0.119 e. The van der Waals surface area contributed by atoms with Gasteiger partial charge in [-0.2, -0.15) is 0 Å². The summed E-state index contributed by atoms with van der Waals surface area (Å²) < 4.78 is 5.95. The molecule has 1 heteroatoms. The molecule has 1 radical (unpaired) electrons. The van der Waals surface area contributed by atoms with Crippen molar-refractivity contribution in [2.75, 3.05) is 0 Å². The van der Waals surface area contributed by atoms with E-state index in [9.17, 15) is 0 Å². The average Bonchev–Trinajstić information content (AvgIpc) is 2.77. The van der Waals surface area contributed by atoms with Gasteiger partial charge in [-0.3, -0.25) is 0 Å². The molecule has 0 aliphatic rings. The van der Waals surface area contributed by atoms with Crippen molar-refractivity contribution in [1.82, 2.24) is 0 Å². The first-order chi connectivity index (χ1) is 14.1. The van der Waals surface area contributed by atoms with Crippen LogP contribution in [0.15, 0.2) is 78.9 Å². The Bertz CT molecular complexity index is 864. The maximum atomic E-state index is 5.95. The summed E-state index contributed by atoms with van der Waals surface area (Å²) in [4.78, 5) is 0. The molecule has 0 aromatic heterocycles. The maximum Gasteiger partial charge on any atom is 0.119 e. The summed E-state index contributed by atoms with van der Waals surface area (Å²) in [5.41, 5.74) is 5.41. The molecule has 0 spiro atoms. The van der Waals surface area contributed by atoms with Gasteiger partial charge in [0.2, 0.25) is 0 Å². The molecule has 0 saturated heterocycles. The molecule has 0 aliphatic heterocycles. The Kier molecular flexibility index (Phi) is 7.52. The highest BCUT2D eigenvalue weighted by atomic mass is 16.5. The van der Waals surface area contributed by atoms with Crippen molar-refractivity contribution in [3.8, 4) is 5.75 Å². The molecule has 0 N–H and O–H groups in total. The van der Waals surface area contributed by atoms with E-state index in [0.717, 1.165) is 18.6 Å². The highest BCUT2D eigenvalue weighted by molar-refractivity contribution is 5.43. The van der Waals surface area contributed by atoms with E-state index in [4.69, 9.17) is 4.74 Å². The zero-order valence-corrected chi connectivity index (χ0v) is 18.2. The Morgan fingerprint density at radius 3 is 2.07 bits per heavy atom. The highest BCUT2D eigenvalue weighted by Gasteiger charge is 2.22. The molecule has 0 bridgehead atoms. The molecule has 29 heavy (non-hydrogen) atoms. The van der Waals surface area contributed by atoms with E-state index in [2.05, 4.69) is 88.4 Å². The number of hydrogen-bond acceptors (Lipinski definition) is 1. The second-order valence-corrected chi connectivity index (χ2v) is 8.17. The molecule has 1 atom stereocenters. The molecule has 0 heterocycles. The van der Waals surface area contributed by atoms with Gasteiger partial charge in [0, 0.05) is 5.92 Å². The van der Waals surface area contributed by atoms with Gasteiger partial charge in [-0.25, -0.2) is 0 Å². The molecule has 0 fully saturated rings. The van der Waals surface area contributed by atoms with Crippen molar-refractivity contribution in [3.05, 3.63) is 107 Å². The third kappa shape index (κ3) is 5.73. The number of benzene rings is 3. The summed E-state index contributed by atoms with van der Waals surface area (Å²) >= 11 is 0. The van der Waals surface area contributed by atoms with Gasteiger partial charge in [-0.1, -0.05) is 101 Å². The van der Waals surface area contributed by atoms with Crippen LogP contribution in [0, 0.1) is 11.8 Å². The summed E-state index contributed by atoms with van der Waals surface area (Å²) in [6.07, 6.45) is 2.14. The van der Waals surface area contributed by atoms with Crippen LogP contribution >= 0.6 is 0 Å². The zero-order valence-electron chi connectivity index (χ0n) is 18.2. The van der Waals surface area contributed by atoms with Gasteiger partial charge < -0.3 is 4.74 Å². The summed E-state index contributed by atoms with van der Waals surface area (Å²) in [7, 11) is 0. The van der Waals surface area contributed by atoms with Crippen LogP contribution in [0.1, 0.15) is 62.3 Å². The van der Waals surface area contributed by atoms with E-state index in [1.54, 1.807) is 0 Å². The fourth-order valence-electron chi connectivity index (χ4n) is 3.74. The molecule has 0 amide bonds. The van der Waals surface area contributed by atoms with Crippen LogP contribution in [0.5, 0.6) is 5.75 Å². The standard InChI is InChI=1S/C28H33O/c1-5-22(4)28(27-14-10-9-13-26(27)21(2)3)19-23-15-17-25(18-16-23)29-20-24-11-7-6-8-12-24/h6-18,21-22H,5,19-20H2,1-4H3. The van der Waals surface area contributed by atoms with Crippen LogP contribution in [0.3, 0.4) is 0 Å². The third-order valence-corrected chi connectivity index (χ3v) is 5.70. The molecule has 1 unspecified atom stereocenters. The lowest BCUT2D eigenvalue weighted by Crippen LogP contribution is -2.16. The van der Waals surface area contributed by atoms with Crippen molar-refractivity contribution >= 4 is 0 Å². The Morgan fingerprint density at radius 2 is 1.41 bits per heavy atom. The quantitative estimate of drug-likeness (QED) is 0.368. The van der Waals surface area contributed by atoms with Crippen molar-refractivity contribution in [2.45, 2.75) is 53.1 Å².